The van der Waals surface area contributed by atoms with Crippen molar-refractivity contribution in [3.05, 3.63) is 41.5 Å². The summed E-state index contributed by atoms with van der Waals surface area (Å²) in [6, 6.07) is 8.91. The molecule has 0 bridgehead atoms. The molecule has 4 rings (SSSR count). The molecular formula is C21H25FN6. The zero-order valence-electron chi connectivity index (χ0n) is 16.2. The summed E-state index contributed by atoms with van der Waals surface area (Å²) in [6.07, 6.45) is 3.72. The van der Waals surface area contributed by atoms with E-state index in [1.165, 1.54) is 25.3 Å². The molecule has 0 unspecified atom stereocenters. The van der Waals surface area contributed by atoms with E-state index in [1.54, 1.807) is 6.07 Å². The number of rotatable bonds is 3. The van der Waals surface area contributed by atoms with Gasteiger partial charge >= 0.3 is 0 Å². The molecule has 1 aromatic carbocycles. The third-order valence-electron chi connectivity index (χ3n) is 5.54. The number of benzene rings is 1. The van der Waals surface area contributed by atoms with Crippen molar-refractivity contribution in [2.75, 3.05) is 54.0 Å². The summed E-state index contributed by atoms with van der Waals surface area (Å²) >= 11 is 0. The van der Waals surface area contributed by atoms with Crippen LogP contribution in [0.2, 0.25) is 0 Å². The Balaban J connectivity index is 1.49. The van der Waals surface area contributed by atoms with Gasteiger partial charge in [-0.25, -0.2) is 14.4 Å². The van der Waals surface area contributed by atoms with E-state index in [0.717, 1.165) is 56.7 Å². The largest absolute Gasteiger partial charge is 0.367 e. The average Bonchev–Trinajstić information content (AvgIpc) is 2.74. The first-order chi connectivity index (χ1) is 13.7. The van der Waals surface area contributed by atoms with Crippen molar-refractivity contribution in [3.8, 4) is 6.07 Å². The van der Waals surface area contributed by atoms with Crippen molar-refractivity contribution in [2.24, 2.45) is 0 Å². The Kier molecular flexibility index (Phi) is 5.29. The molecule has 0 spiro atoms. The quantitative estimate of drug-likeness (QED) is 0.815. The number of anilines is 3. The Morgan fingerprint density at radius 3 is 2.14 bits per heavy atom. The number of halogens is 1. The van der Waals surface area contributed by atoms with Crippen LogP contribution in [-0.4, -0.2) is 49.2 Å². The molecule has 3 heterocycles. The summed E-state index contributed by atoms with van der Waals surface area (Å²) in [5.74, 6) is 2.30. The van der Waals surface area contributed by atoms with Crippen molar-refractivity contribution in [1.29, 1.82) is 5.26 Å². The Morgan fingerprint density at radius 2 is 1.50 bits per heavy atom. The first kappa shape index (κ1) is 18.5. The highest BCUT2D eigenvalue weighted by Gasteiger charge is 2.23. The van der Waals surface area contributed by atoms with E-state index in [9.17, 15) is 9.65 Å². The van der Waals surface area contributed by atoms with E-state index in [2.05, 4.69) is 30.7 Å². The maximum atomic E-state index is 13.9. The normalized spacial score (nSPS) is 17.5. The molecule has 1 aromatic heterocycles. The van der Waals surface area contributed by atoms with Crippen molar-refractivity contribution < 1.29 is 4.39 Å². The summed E-state index contributed by atoms with van der Waals surface area (Å²) in [5, 5.41) is 9.30. The zero-order chi connectivity index (χ0) is 19.5. The third kappa shape index (κ3) is 3.72. The van der Waals surface area contributed by atoms with Crippen molar-refractivity contribution in [2.45, 2.75) is 26.2 Å². The second-order valence-electron chi connectivity index (χ2n) is 7.40. The van der Waals surface area contributed by atoms with Gasteiger partial charge in [0.1, 0.15) is 34.9 Å². The molecule has 0 saturated carbocycles. The molecule has 0 atom stereocenters. The van der Waals surface area contributed by atoms with E-state index in [1.807, 2.05) is 19.1 Å². The van der Waals surface area contributed by atoms with Crippen LogP contribution in [0.1, 0.15) is 30.7 Å². The fourth-order valence-electron chi connectivity index (χ4n) is 4.05. The van der Waals surface area contributed by atoms with Gasteiger partial charge < -0.3 is 14.7 Å². The summed E-state index contributed by atoms with van der Waals surface area (Å²) < 4.78 is 13.9. The third-order valence-corrected chi connectivity index (χ3v) is 5.54. The lowest BCUT2D eigenvalue weighted by Gasteiger charge is -2.37. The monoisotopic (exact) mass is 380 g/mol. The fraction of sp³-hybridized carbons (Fsp3) is 0.476. The molecule has 2 fully saturated rings. The highest BCUT2D eigenvalue weighted by Crippen LogP contribution is 2.26. The maximum Gasteiger partial charge on any atom is 0.143 e. The van der Waals surface area contributed by atoms with Crippen LogP contribution in [0, 0.1) is 24.1 Å². The number of piperidine rings is 1. The van der Waals surface area contributed by atoms with Gasteiger partial charge in [0.15, 0.2) is 0 Å². The van der Waals surface area contributed by atoms with E-state index in [-0.39, 0.29) is 5.56 Å². The van der Waals surface area contributed by atoms with Crippen molar-refractivity contribution in [3.63, 3.8) is 0 Å². The summed E-state index contributed by atoms with van der Waals surface area (Å²) in [6.45, 7) is 7.05. The highest BCUT2D eigenvalue weighted by molar-refractivity contribution is 5.61. The van der Waals surface area contributed by atoms with Gasteiger partial charge in [-0.3, -0.25) is 0 Å². The first-order valence-electron chi connectivity index (χ1n) is 9.95. The van der Waals surface area contributed by atoms with Gasteiger partial charge in [0.2, 0.25) is 0 Å². The predicted molar refractivity (Wildman–Crippen MR) is 108 cm³/mol. The SMILES string of the molecule is Cc1nc(N2CCCCC2)cc(N2CCN(c3cccc(F)c3C#N)CC2)n1. The smallest absolute Gasteiger partial charge is 0.143 e. The lowest BCUT2D eigenvalue weighted by atomic mass is 10.1. The number of hydrogen-bond acceptors (Lipinski definition) is 6. The number of nitriles is 1. The predicted octanol–water partition coefficient (Wildman–Crippen LogP) is 3.11. The van der Waals surface area contributed by atoms with E-state index in [4.69, 9.17) is 0 Å². The van der Waals surface area contributed by atoms with Gasteiger partial charge in [-0.1, -0.05) is 6.07 Å². The van der Waals surface area contributed by atoms with Crippen molar-refractivity contribution in [1.82, 2.24) is 9.97 Å². The summed E-state index contributed by atoms with van der Waals surface area (Å²) in [5.41, 5.74) is 0.802. The molecule has 0 radical (unpaired) electrons. The van der Waals surface area contributed by atoms with Crippen LogP contribution in [0.5, 0.6) is 0 Å². The van der Waals surface area contributed by atoms with E-state index < -0.39 is 5.82 Å². The second kappa shape index (κ2) is 8.01. The van der Waals surface area contributed by atoms with Gasteiger partial charge in [0.25, 0.3) is 0 Å². The van der Waals surface area contributed by atoms with Crippen LogP contribution < -0.4 is 14.7 Å². The Hall–Kier alpha value is -2.88. The van der Waals surface area contributed by atoms with E-state index in [0.29, 0.717) is 5.69 Å². The number of hydrogen-bond donors (Lipinski definition) is 0. The van der Waals surface area contributed by atoms with Crippen LogP contribution in [0.3, 0.4) is 0 Å². The van der Waals surface area contributed by atoms with Crippen LogP contribution >= 0.6 is 0 Å². The Morgan fingerprint density at radius 1 is 0.893 bits per heavy atom. The molecule has 146 valence electrons. The standard InChI is InChI=1S/C21H25FN6/c1-16-24-20(27-8-3-2-4-9-27)14-21(25-16)28-12-10-26(11-13-28)19-7-5-6-18(22)17(19)15-23/h5-7,14H,2-4,8-13H2,1H3. The highest BCUT2D eigenvalue weighted by atomic mass is 19.1. The molecule has 2 saturated heterocycles. The minimum atomic E-state index is -0.458. The minimum absolute atomic E-state index is 0.126. The van der Waals surface area contributed by atoms with Gasteiger partial charge in [-0.05, 0) is 38.3 Å². The maximum absolute atomic E-state index is 13.9. The van der Waals surface area contributed by atoms with Gasteiger partial charge in [0.05, 0.1) is 5.69 Å². The summed E-state index contributed by atoms with van der Waals surface area (Å²) in [4.78, 5) is 16.0. The fourth-order valence-corrected chi connectivity index (χ4v) is 4.05. The topological polar surface area (TPSA) is 59.3 Å². The minimum Gasteiger partial charge on any atom is -0.367 e. The van der Waals surface area contributed by atoms with Gasteiger partial charge in [-0.2, -0.15) is 5.26 Å². The molecule has 0 N–H and O–H groups in total. The van der Waals surface area contributed by atoms with Crippen LogP contribution in [0.15, 0.2) is 24.3 Å². The lowest BCUT2D eigenvalue weighted by Crippen LogP contribution is -2.47. The Bertz CT molecular complexity index is 879. The van der Waals surface area contributed by atoms with Crippen LogP contribution in [-0.2, 0) is 0 Å². The summed E-state index contributed by atoms with van der Waals surface area (Å²) in [7, 11) is 0. The van der Waals surface area contributed by atoms with Crippen LogP contribution in [0.25, 0.3) is 0 Å². The average molecular weight is 380 g/mol. The molecule has 0 aliphatic carbocycles. The first-order valence-corrected chi connectivity index (χ1v) is 9.95. The molecule has 0 amide bonds. The molecule has 7 heteroatoms. The Labute approximate surface area is 165 Å². The molecule has 2 aromatic rings. The zero-order valence-corrected chi connectivity index (χ0v) is 16.2. The number of aromatic nitrogens is 2. The van der Waals surface area contributed by atoms with E-state index >= 15 is 0 Å². The molecule has 2 aliphatic rings. The number of nitrogens with zero attached hydrogens (tertiary/aromatic N) is 6. The van der Waals surface area contributed by atoms with Gasteiger partial charge in [-0.15, -0.1) is 0 Å². The lowest BCUT2D eigenvalue weighted by molar-refractivity contribution is 0.572. The molecule has 28 heavy (non-hydrogen) atoms. The molecule has 6 nitrogen and oxygen atoms in total. The number of aryl methyl sites for hydroxylation is 1. The second-order valence-corrected chi connectivity index (χ2v) is 7.40. The van der Waals surface area contributed by atoms with Gasteiger partial charge in [0, 0.05) is 45.3 Å². The van der Waals surface area contributed by atoms with Crippen molar-refractivity contribution >= 4 is 17.3 Å². The molecule has 2 aliphatic heterocycles. The number of piperazine rings is 1. The molecular weight excluding hydrogens is 355 g/mol. The van der Waals surface area contributed by atoms with Crippen LogP contribution in [0.4, 0.5) is 21.7 Å².